The zero-order chi connectivity index (χ0) is 17.1. The molecule has 124 valence electrons. The summed E-state index contributed by atoms with van der Waals surface area (Å²) >= 11 is 0. The van der Waals surface area contributed by atoms with E-state index in [0.717, 1.165) is 0 Å². The van der Waals surface area contributed by atoms with Crippen LogP contribution in [0.4, 0.5) is 0 Å². The Bertz CT molecular complexity index is 233. The van der Waals surface area contributed by atoms with Gasteiger partial charge in [0.05, 0.1) is 26.2 Å². The summed E-state index contributed by atoms with van der Waals surface area (Å²) < 4.78 is 0. The van der Waals surface area contributed by atoms with E-state index in [4.69, 9.17) is 20.4 Å². The Labute approximate surface area is 139 Å². The van der Waals surface area contributed by atoms with Crippen molar-refractivity contribution in [3.8, 4) is 0 Å². The first-order valence-corrected chi connectivity index (χ1v) is 4.76. The number of hydrogen-bond donors (Lipinski definition) is 8. The molecule has 0 bridgehead atoms. The molecule has 0 rings (SSSR count). The first-order valence-electron chi connectivity index (χ1n) is 4.76. The molecule has 12 nitrogen and oxygen atoms in total. The summed E-state index contributed by atoms with van der Waals surface area (Å²) in [6, 6.07) is 0. The maximum atomic E-state index is 9.24. The molecular weight excluding hydrogens is 371 g/mol. The van der Waals surface area contributed by atoms with Gasteiger partial charge in [-0.1, -0.05) is 0 Å². The zero-order valence-corrected chi connectivity index (χ0v) is 13.5. The normalized spacial score (nSPS) is 7.05. The van der Waals surface area contributed by atoms with E-state index in [0.29, 0.717) is 0 Å². The number of aliphatic carboxylic acids is 4. The van der Waals surface area contributed by atoms with Crippen LogP contribution in [0.3, 0.4) is 0 Å². The van der Waals surface area contributed by atoms with Gasteiger partial charge in [-0.3, -0.25) is 19.2 Å². The minimum Gasteiger partial charge on any atom is -0.480 e. The number of hydrogen-bond acceptors (Lipinski definition) is 8. The SMILES string of the molecule is NCC(=O)O.NCC(=O)O.NCC(=O)O.NCC(=O)O.[Zr]. The summed E-state index contributed by atoms with van der Waals surface area (Å²) in [6.45, 7) is -1.11. The minimum absolute atomic E-state index is 0. The fourth-order valence-electron chi connectivity index (χ4n) is 0. The van der Waals surface area contributed by atoms with E-state index in [-0.39, 0.29) is 52.4 Å². The van der Waals surface area contributed by atoms with Gasteiger partial charge >= 0.3 is 23.9 Å². The van der Waals surface area contributed by atoms with Crippen molar-refractivity contribution in [1.82, 2.24) is 0 Å². The molecule has 0 aliphatic rings. The predicted molar refractivity (Wildman–Crippen MR) is 66.8 cm³/mol. The number of rotatable bonds is 4. The second-order valence-electron chi connectivity index (χ2n) is 2.39. The molecule has 13 heteroatoms. The van der Waals surface area contributed by atoms with Gasteiger partial charge in [0.1, 0.15) is 0 Å². The number of carbonyl (C=O) groups is 4. The van der Waals surface area contributed by atoms with Crippen molar-refractivity contribution in [2.45, 2.75) is 0 Å². The van der Waals surface area contributed by atoms with Crippen LogP contribution in [0.25, 0.3) is 0 Å². The van der Waals surface area contributed by atoms with E-state index in [2.05, 4.69) is 22.9 Å². The third-order valence-corrected chi connectivity index (χ3v) is 0.698. The third-order valence-electron chi connectivity index (χ3n) is 0.698. The molecule has 0 aliphatic heterocycles. The van der Waals surface area contributed by atoms with Crippen LogP contribution in [0, 0.1) is 0 Å². The molecule has 0 spiro atoms. The minimum atomic E-state index is -0.968. The molecule has 0 aromatic heterocycles. The molecule has 0 heterocycles. The molecule has 0 aromatic rings. The van der Waals surface area contributed by atoms with Crippen molar-refractivity contribution >= 4 is 23.9 Å². The first-order chi connectivity index (χ1) is 9.08. The van der Waals surface area contributed by atoms with E-state index >= 15 is 0 Å². The van der Waals surface area contributed by atoms with Gasteiger partial charge in [-0.25, -0.2) is 0 Å². The third kappa shape index (κ3) is 118. The molecule has 0 atom stereocenters. The van der Waals surface area contributed by atoms with E-state index in [1.54, 1.807) is 0 Å². The summed E-state index contributed by atoms with van der Waals surface area (Å²) in [4.78, 5) is 37.0. The fraction of sp³-hybridized carbons (Fsp3) is 0.500. The van der Waals surface area contributed by atoms with Crippen LogP contribution in [0.15, 0.2) is 0 Å². The number of carboxylic acids is 4. The molecule has 0 amide bonds. The Kier molecular flexibility index (Phi) is 41.0. The molecule has 0 unspecified atom stereocenters. The quantitative estimate of drug-likeness (QED) is 0.229. The molecule has 21 heavy (non-hydrogen) atoms. The monoisotopic (exact) mass is 390 g/mol. The van der Waals surface area contributed by atoms with Crippen LogP contribution in [-0.4, -0.2) is 70.5 Å². The number of carboxylic acid groups (broad SMARTS) is 4. The predicted octanol–water partition coefficient (Wildman–Crippen LogP) is -3.88. The van der Waals surface area contributed by atoms with Gasteiger partial charge in [0.25, 0.3) is 0 Å². The molecule has 12 N–H and O–H groups in total. The van der Waals surface area contributed by atoms with Gasteiger partial charge in [0, 0.05) is 26.2 Å². The smallest absolute Gasteiger partial charge is 0.317 e. The van der Waals surface area contributed by atoms with Crippen LogP contribution in [-0.2, 0) is 45.4 Å². The van der Waals surface area contributed by atoms with Crippen LogP contribution >= 0.6 is 0 Å². The molecule has 0 fully saturated rings. The summed E-state index contributed by atoms with van der Waals surface area (Å²) in [5.41, 5.74) is 18.3. The van der Waals surface area contributed by atoms with E-state index in [9.17, 15) is 19.2 Å². The van der Waals surface area contributed by atoms with Gasteiger partial charge in [0.15, 0.2) is 0 Å². The van der Waals surface area contributed by atoms with E-state index in [1.165, 1.54) is 0 Å². The molecule has 0 saturated carbocycles. The Morgan fingerprint density at radius 1 is 0.524 bits per heavy atom. The first kappa shape index (κ1) is 31.8. The Hall–Kier alpha value is -1.40. The molecule has 0 saturated heterocycles. The van der Waals surface area contributed by atoms with Gasteiger partial charge in [-0.05, 0) is 0 Å². The molecule has 0 aromatic carbocycles. The molecular formula is C8H20N4O8Zr. The molecule has 0 aliphatic carbocycles. The van der Waals surface area contributed by atoms with Crippen LogP contribution in [0.5, 0.6) is 0 Å². The maximum absolute atomic E-state index is 9.24. The summed E-state index contributed by atoms with van der Waals surface area (Å²) in [5, 5.41) is 30.4. The summed E-state index contributed by atoms with van der Waals surface area (Å²) in [6.07, 6.45) is 0. The van der Waals surface area contributed by atoms with E-state index in [1.807, 2.05) is 0 Å². The van der Waals surface area contributed by atoms with E-state index < -0.39 is 23.9 Å². The Morgan fingerprint density at radius 3 is 0.571 bits per heavy atom. The van der Waals surface area contributed by atoms with Crippen LogP contribution in [0.2, 0.25) is 0 Å². The summed E-state index contributed by atoms with van der Waals surface area (Å²) in [7, 11) is 0. The van der Waals surface area contributed by atoms with Crippen molar-refractivity contribution in [2.24, 2.45) is 22.9 Å². The maximum Gasteiger partial charge on any atom is 0.317 e. The average molecular weight is 391 g/mol. The fourth-order valence-corrected chi connectivity index (χ4v) is 0. The van der Waals surface area contributed by atoms with Gasteiger partial charge < -0.3 is 43.4 Å². The largest absolute Gasteiger partial charge is 0.480 e. The standard InChI is InChI=1S/4C2H5NO2.Zr/c4*3-1-2(4)5;/h4*1,3H2,(H,4,5);. The van der Waals surface area contributed by atoms with Crippen LogP contribution < -0.4 is 22.9 Å². The van der Waals surface area contributed by atoms with Gasteiger partial charge in [-0.2, -0.15) is 0 Å². The van der Waals surface area contributed by atoms with Gasteiger partial charge in [0.2, 0.25) is 0 Å². The second-order valence-corrected chi connectivity index (χ2v) is 2.39. The van der Waals surface area contributed by atoms with Crippen molar-refractivity contribution in [3.05, 3.63) is 0 Å². The van der Waals surface area contributed by atoms with Crippen molar-refractivity contribution in [1.29, 1.82) is 0 Å². The van der Waals surface area contributed by atoms with Gasteiger partial charge in [-0.15, -0.1) is 0 Å². The second kappa shape index (κ2) is 27.0. The van der Waals surface area contributed by atoms with Crippen molar-refractivity contribution < 1.29 is 65.8 Å². The molecule has 0 radical (unpaired) electrons. The van der Waals surface area contributed by atoms with Crippen molar-refractivity contribution in [2.75, 3.05) is 26.2 Å². The van der Waals surface area contributed by atoms with Crippen molar-refractivity contribution in [3.63, 3.8) is 0 Å². The number of nitrogens with two attached hydrogens (primary N) is 4. The Balaban J connectivity index is -0.0000000533. The zero-order valence-electron chi connectivity index (χ0n) is 11.1. The average Bonchev–Trinajstić information content (AvgIpc) is 2.40. The van der Waals surface area contributed by atoms with Crippen LogP contribution in [0.1, 0.15) is 0 Å². The summed E-state index contributed by atoms with van der Waals surface area (Å²) in [5.74, 6) is -3.87. The topological polar surface area (TPSA) is 253 Å². The Morgan fingerprint density at radius 2 is 0.571 bits per heavy atom.